The lowest BCUT2D eigenvalue weighted by Crippen LogP contribution is -2.39. The molecule has 1 saturated heterocycles. The van der Waals surface area contributed by atoms with Crippen molar-refractivity contribution in [3.8, 4) is 17.0 Å². The minimum absolute atomic E-state index is 0.199. The Bertz CT molecular complexity index is 1850. The Hall–Kier alpha value is -3.46. The maximum Gasteiger partial charge on any atom is 0.263 e. The summed E-state index contributed by atoms with van der Waals surface area (Å²) < 4.78 is 19.7. The van der Waals surface area contributed by atoms with Crippen LogP contribution in [0.4, 0.5) is 0 Å². The van der Waals surface area contributed by atoms with E-state index in [0.29, 0.717) is 73.2 Å². The summed E-state index contributed by atoms with van der Waals surface area (Å²) in [5.41, 5.74) is -0.615. The molecule has 0 atom stereocenters. The predicted molar refractivity (Wildman–Crippen MR) is 187 cm³/mol. The molecule has 3 aliphatic rings. The van der Waals surface area contributed by atoms with Gasteiger partial charge in [-0.25, -0.2) is 0 Å². The largest absolute Gasteiger partial charge is 0.494 e. The van der Waals surface area contributed by atoms with Gasteiger partial charge in [0.2, 0.25) is 5.88 Å². The van der Waals surface area contributed by atoms with Crippen LogP contribution in [0.25, 0.3) is 32.7 Å². The summed E-state index contributed by atoms with van der Waals surface area (Å²) >= 11 is 0. The van der Waals surface area contributed by atoms with Gasteiger partial charge in [-0.1, -0.05) is 6.42 Å². The van der Waals surface area contributed by atoms with E-state index in [0.717, 1.165) is 19.6 Å². The van der Waals surface area contributed by atoms with Gasteiger partial charge in [0.25, 0.3) is 16.7 Å². The van der Waals surface area contributed by atoms with Crippen LogP contribution in [0, 0.1) is 0 Å². The second-order valence-corrected chi connectivity index (χ2v) is 13.0. The first-order valence-electron chi connectivity index (χ1n) is 17.0. The number of benzene rings is 2. The SMILES string of the molecule is CN(C)CCn1c(O)c2ccc3c4c2c(c(=NCCOCCOCCOCCN2CCCCC2)cc-4c(=O)n(CCN(C)C)c3=O)c1=O. The molecule has 0 amide bonds. The van der Waals surface area contributed by atoms with Gasteiger partial charge in [0.15, 0.2) is 0 Å². The number of hydrogen-bond donors (Lipinski definition) is 1. The molecule has 1 N–H and O–H groups in total. The summed E-state index contributed by atoms with van der Waals surface area (Å²) in [6, 6.07) is 4.90. The third-order valence-corrected chi connectivity index (χ3v) is 8.97. The quantitative estimate of drug-likeness (QED) is 0.121. The molecule has 48 heavy (non-hydrogen) atoms. The second kappa shape index (κ2) is 16.8. The number of aromatic nitrogens is 2. The van der Waals surface area contributed by atoms with Crippen molar-refractivity contribution in [3.63, 3.8) is 0 Å². The molecule has 0 radical (unpaired) electrons. The van der Waals surface area contributed by atoms with Crippen molar-refractivity contribution in [1.82, 2.24) is 23.8 Å². The molecule has 0 spiro atoms. The summed E-state index contributed by atoms with van der Waals surface area (Å²) in [6.45, 7) is 7.89. The Morgan fingerprint density at radius 2 is 1.31 bits per heavy atom. The first kappa shape index (κ1) is 35.8. The third kappa shape index (κ3) is 8.21. The van der Waals surface area contributed by atoms with Crippen molar-refractivity contribution in [2.45, 2.75) is 32.4 Å². The first-order valence-corrected chi connectivity index (χ1v) is 17.0. The van der Waals surface area contributed by atoms with Crippen LogP contribution in [0.2, 0.25) is 0 Å². The maximum absolute atomic E-state index is 14.0. The van der Waals surface area contributed by atoms with Crippen LogP contribution in [0.3, 0.4) is 0 Å². The van der Waals surface area contributed by atoms with Gasteiger partial charge in [0.05, 0.1) is 62.5 Å². The van der Waals surface area contributed by atoms with Crippen molar-refractivity contribution < 1.29 is 19.3 Å². The lowest BCUT2D eigenvalue weighted by Gasteiger charge is -2.26. The second-order valence-electron chi connectivity index (χ2n) is 13.0. The summed E-state index contributed by atoms with van der Waals surface area (Å²) in [6.07, 6.45) is 3.88. The summed E-state index contributed by atoms with van der Waals surface area (Å²) in [7, 11) is 7.53. The molecule has 262 valence electrons. The van der Waals surface area contributed by atoms with Gasteiger partial charge >= 0.3 is 0 Å². The molecule has 1 aromatic carbocycles. The fraction of sp³-hybridized carbons (Fsp3) is 0.600. The van der Waals surface area contributed by atoms with Crippen LogP contribution in [-0.2, 0) is 27.3 Å². The normalized spacial score (nSPS) is 15.0. The summed E-state index contributed by atoms with van der Waals surface area (Å²) in [5.74, 6) is -0.199. The minimum Gasteiger partial charge on any atom is -0.494 e. The summed E-state index contributed by atoms with van der Waals surface area (Å²) in [4.78, 5) is 52.3. The molecule has 1 aliphatic carbocycles. The zero-order valence-electron chi connectivity index (χ0n) is 28.8. The van der Waals surface area contributed by atoms with Gasteiger partial charge in [-0.05, 0) is 72.3 Å². The number of likely N-dealkylation sites (N-methyl/N-ethyl adjacent to an activating group) is 2. The fourth-order valence-corrected chi connectivity index (χ4v) is 6.34. The molecular formula is C35H50N6O7. The van der Waals surface area contributed by atoms with Gasteiger partial charge in [-0.15, -0.1) is 0 Å². The lowest BCUT2D eigenvalue weighted by molar-refractivity contribution is 0.0110. The van der Waals surface area contributed by atoms with E-state index < -0.39 is 16.7 Å². The molecule has 3 heterocycles. The van der Waals surface area contributed by atoms with Crippen molar-refractivity contribution in [3.05, 3.63) is 54.6 Å². The number of pyridine rings is 2. The van der Waals surface area contributed by atoms with Gasteiger partial charge in [-0.3, -0.25) is 28.5 Å². The molecule has 0 bridgehead atoms. The van der Waals surface area contributed by atoms with Crippen LogP contribution in [0.1, 0.15) is 19.3 Å². The van der Waals surface area contributed by atoms with E-state index in [1.54, 1.807) is 18.2 Å². The average molecular weight is 667 g/mol. The minimum atomic E-state index is -0.444. The lowest BCUT2D eigenvalue weighted by atomic mass is 9.90. The number of piperidine rings is 1. The number of hydrogen-bond acceptors (Lipinski definition) is 11. The Morgan fingerprint density at radius 3 is 1.98 bits per heavy atom. The van der Waals surface area contributed by atoms with Crippen molar-refractivity contribution in [1.29, 1.82) is 0 Å². The van der Waals surface area contributed by atoms with Crippen LogP contribution >= 0.6 is 0 Å². The van der Waals surface area contributed by atoms with E-state index in [4.69, 9.17) is 19.2 Å². The smallest absolute Gasteiger partial charge is 0.263 e. The highest BCUT2D eigenvalue weighted by atomic mass is 16.5. The zero-order valence-corrected chi connectivity index (χ0v) is 28.8. The van der Waals surface area contributed by atoms with E-state index in [1.807, 2.05) is 38.0 Å². The number of likely N-dealkylation sites (tertiary alicyclic amines) is 1. The number of aromatic hydroxyl groups is 1. The molecule has 13 heteroatoms. The van der Waals surface area contributed by atoms with Crippen LogP contribution < -0.4 is 22.0 Å². The molecule has 13 nitrogen and oxygen atoms in total. The molecule has 5 rings (SSSR count). The molecule has 0 saturated carbocycles. The van der Waals surface area contributed by atoms with Crippen molar-refractivity contribution in [2.24, 2.45) is 4.99 Å². The Labute approximate surface area is 280 Å². The topological polar surface area (TPSA) is 131 Å². The third-order valence-electron chi connectivity index (χ3n) is 8.97. The number of rotatable bonds is 18. The summed E-state index contributed by atoms with van der Waals surface area (Å²) in [5, 5.41) is 13.0. The van der Waals surface area contributed by atoms with E-state index in [1.165, 1.54) is 28.4 Å². The highest BCUT2D eigenvalue weighted by molar-refractivity contribution is 6.15. The van der Waals surface area contributed by atoms with E-state index >= 15 is 0 Å². The monoisotopic (exact) mass is 666 g/mol. The molecule has 1 aromatic heterocycles. The van der Waals surface area contributed by atoms with Crippen molar-refractivity contribution in [2.75, 3.05) is 107 Å². The molecule has 1 fully saturated rings. The van der Waals surface area contributed by atoms with Crippen LogP contribution in [0.5, 0.6) is 5.88 Å². The average Bonchev–Trinajstić information content (AvgIpc) is 3.06. The fourth-order valence-electron chi connectivity index (χ4n) is 6.34. The Balaban J connectivity index is 1.33. The van der Waals surface area contributed by atoms with Crippen molar-refractivity contribution >= 4 is 21.5 Å². The van der Waals surface area contributed by atoms with Gasteiger partial charge in [0.1, 0.15) is 0 Å². The molecule has 2 aromatic rings. The van der Waals surface area contributed by atoms with Crippen LogP contribution in [0.15, 0.2) is 37.6 Å². The predicted octanol–water partition coefficient (Wildman–Crippen LogP) is 0.922. The number of ether oxygens (including phenoxy) is 3. The first-order chi connectivity index (χ1) is 23.2. The van der Waals surface area contributed by atoms with E-state index in [9.17, 15) is 19.5 Å². The zero-order chi connectivity index (χ0) is 34.2. The maximum atomic E-state index is 14.0. The Morgan fingerprint density at radius 1 is 0.708 bits per heavy atom. The Kier molecular flexibility index (Phi) is 12.5. The highest BCUT2D eigenvalue weighted by Gasteiger charge is 2.26. The highest BCUT2D eigenvalue weighted by Crippen LogP contribution is 2.36. The van der Waals surface area contributed by atoms with Crippen LogP contribution in [-0.4, -0.2) is 136 Å². The molecule has 0 unspecified atom stereocenters. The van der Waals surface area contributed by atoms with Gasteiger partial charge in [0, 0.05) is 54.4 Å². The van der Waals surface area contributed by atoms with E-state index in [-0.39, 0.29) is 43.1 Å². The molecule has 2 aliphatic heterocycles. The van der Waals surface area contributed by atoms with E-state index in [2.05, 4.69) is 4.90 Å². The number of nitrogens with zero attached hydrogens (tertiary/aromatic N) is 6. The standard InChI is InChI=1S/C35H50N6O7/c1-37(2)13-15-40-32(42)25-8-9-26-30-29(25)27(34(40)44)24-28(31(30)35(45)41(33(26)43)16-14-38(3)4)36-10-18-46-20-22-48-23-21-47-19-17-39-11-6-5-7-12-39/h8-9,24,43H,5-7,10-23H2,1-4H3. The van der Waals surface area contributed by atoms with Gasteiger partial charge < -0.3 is 34.0 Å². The molecular weight excluding hydrogens is 616 g/mol. The van der Waals surface area contributed by atoms with Gasteiger partial charge in [-0.2, -0.15) is 0 Å².